The lowest BCUT2D eigenvalue weighted by Gasteiger charge is -2.36. The van der Waals surface area contributed by atoms with Crippen molar-refractivity contribution in [3.63, 3.8) is 0 Å². The Kier molecular flexibility index (Phi) is 2.73. The molecule has 1 aliphatic carbocycles. The van der Waals surface area contributed by atoms with Crippen LogP contribution in [0.4, 0.5) is 0 Å². The molecule has 3 heteroatoms. The minimum atomic E-state index is -1.19. The molecule has 0 spiro atoms. The van der Waals surface area contributed by atoms with E-state index in [-0.39, 0.29) is 5.92 Å². The van der Waals surface area contributed by atoms with E-state index >= 15 is 0 Å². The van der Waals surface area contributed by atoms with Crippen molar-refractivity contribution >= 4 is 5.97 Å². The van der Waals surface area contributed by atoms with Gasteiger partial charge >= 0.3 is 5.97 Å². The highest BCUT2D eigenvalue weighted by Gasteiger charge is 2.38. The van der Waals surface area contributed by atoms with Gasteiger partial charge in [0.25, 0.3) is 0 Å². The summed E-state index contributed by atoms with van der Waals surface area (Å²) in [5.41, 5.74) is 0. The van der Waals surface area contributed by atoms with Crippen molar-refractivity contribution in [1.29, 1.82) is 0 Å². The molecule has 2 unspecified atom stereocenters. The Balaban J connectivity index is 2.59. The Hall–Kier alpha value is -0.570. The Morgan fingerprint density at radius 1 is 1.58 bits per heavy atom. The van der Waals surface area contributed by atoms with E-state index in [0.29, 0.717) is 6.42 Å². The maximum absolute atomic E-state index is 10.7. The van der Waals surface area contributed by atoms with Gasteiger partial charge in [0, 0.05) is 19.3 Å². The molecular formula is C9H16O3. The highest BCUT2D eigenvalue weighted by Crippen LogP contribution is 2.34. The predicted molar refractivity (Wildman–Crippen MR) is 44.3 cm³/mol. The van der Waals surface area contributed by atoms with Crippen LogP contribution < -0.4 is 0 Å². The Labute approximate surface area is 72.7 Å². The van der Waals surface area contributed by atoms with Crippen molar-refractivity contribution in [1.82, 2.24) is 0 Å². The van der Waals surface area contributed by atoms with Gasteiger partial charge in [-0.25, -0.2) is 0 Å². The highest BCUT2D eigenvalue weighted by molar-refractivity contribution is 5.66. The largest absolute Gasteiger partial charge is 0.433 e. The maximum Gasteiger partial charge on any atom is 0.305 e. The Morgan fingerprint density at radius 3 is 2.75 bits per heavy atom. The molecule has 0 saturated heterocycles. The molecule has 12 heavy (non-hydrogen) atoms. The van der Waals surface area contributed by atoms with E-state index in [1.54, 1.807) is 0 Å². The lowest BCUT2D eigenvalue weighted by Crippen LogP contribution is -2.43. The van der Waals surface area contributed by atoms with Crippen molar-refractivity contribution in [2.24, 2.45) is 5.92 Å². The zero-order valence-corrected chi connectivity index (χ0v) is 7.67. The second-order valence-corrected chi connectivity index (χ2v) is 3.59. The second kappa shape index (κ2) is 3.44. The van der Waals surface area contributed by atoms with E-state index in [0.717, 1.165) is 19.3 Å². The van der Waals surface area contributed by atoms with E-state index in [2.05, 4.69) is 0 Å². The highest BCUT2D eigenvalue weighted by atomic mass is 16.7. The fourth-order valence-corrected chi connectivity index (χ4v) is 1.70. The summed E-state index contributed by atoms with van der Waals surface area (Å²) < 4.78 is 4.91. The molecule has 1 aliphatic rings. The number of rotatable bonds is 1. The number of carbonyl (C=O) groups excluding carboxylic acids is 1. The standard InChI is InChI=1S/C9H16O3/c1-7-5-3-4-6-9(7,11)12-8(2)10/h7,11H,3-6H2,1-2H3. The van der Waals surface area contributed by atoms with Gasteiger partial charge in [-0.1, -0.05) is 13.3 Å². The van der Waals surface area contributed by atoms with Crippen LogP contribution in [-0.4, -0.2) is 16.9 Å². The minimum absolute atomic E-state index is 0.0650. The zero-order chi connectivity index (χ0) is 9.19. The van der Waals surface area contributed by atoms with Gasteiger partial charge < -0.3 is 9.84 Å². The van der Waals surface area contributed by atoms with Crippen LogP contribution in [0.25, 0.3) is 0 Å². The molecule has 0 aromatic rings. The molecule has 0 radical (unpaired) electrons. The first kappa shape index (κ1) is 9.52. The smallest absolute Gasteiger partial charge is 0.305 e. The first-order valence-corrected chi connectivity index (χ1v) is 4.46. The summed E-state index contributed by atoms with van der Waals surface area (Å²) in [6.45, 7) is 3.25. The molecule has 0 aromatic heterocycles. The van der Waals surface area contributed by atoms with Gasteiger partial charge in [-0.15, -0.1) is 0 Å². The molecule has 0 aromatic carbocycles. The van der Waals surface area contributed by atoms with Crippen LogP contribution in [0, 0.1) is 5.92 Å². The van der Waals surface area contributed by atoms with Crippen LogP contribution in [0.1, 0.15) is 39.5 Å². The van der Waals surface area contributed by atoms with Crippen LogP contribution >= 0.6 is 0 Å². The molecule has 1 rings (SSSR count). The van der Waals surface area contributed by atoms with E-state index in [4.69, 9.17) is 4.74 Å². The third-order valence-corrected chi connectivity index (χ3v) is 2.51. The molecule has 70 valence electrons. The van der Waals surface area contributed by atoms with E-state index in [1.807, 2.05) is 6.92 Å². The van der Waals surface area contributed by atoms with Crippen molar-refractivity contribution in [2.75, 3.05) is 0 Å². The second-order valence-electron chi connectivity index (χ2n) is 3.59. The first-order chi connectivity index (χ1) is 5.54. The summed E-state index contributed by atoms with van der Waals surface area (Å²) in [5, 5.41) is 9.87. The molecule has 1 saturated carbocycles. The predicted octanol–water partition coefficient (Wildman–Crippen LogP) is 1.45. The maximum atomic E-state index is 10.7. The monoisotopic (exact) mass is 172 g/mol. The van der Waals surface area contributed by atoms with Crippen molar-refractivity contribution < 1.29 is 14.6 Å². The SMILES string of the molecule is CC(=O)OC1(O)CCCCC1C. The average molecular weight is 172 g/mol. The molecule has 1 fully saturated rings. The summed E-state index contributed by atoms with van der Waals surface area (Å²) in [7, 11) is 0. The number of esters is 1. The van der Waals surface area contributed by atoms with Gasteiger partial charge in [-0.3, -0.25) is 4.79 Å². The molecule has 2 atom stereocenters. The number of carbonyl (C=O) groups is 1. The summed E-state index contributed by atoms with van der Waals surface area (Å²) in [4.78, 5) is 10.7. The van der Waals surface area contributed by atoms with Crippen LogP contribution in [0.2, 0.25) is 0 Å². The van der Waals surface area contributed by atoms with Gasteiger partial charge in [0.1, 0.15) is 0 Å². The van der Waals surface area contributed by atoms with Gasteiger partial charge in [-0.05, 0) is 12.8 Å². The third-order valence-electron chi connectivity index (χ3n) is 2.51. The topological polar surface area (TPSA) is 46.5 Å². The van der Waals surface area contributed by atoms with Crippen LogP contribution in [0.3, 0.4) is 0 Å². The van der Waals surface area contributed by atoms with Gasteiger partial charge in [0.05, 0.1) is 0 Å². The number of aliphatic hydroxyl groups is 1. The fraction of sp³-hybridized carbons (Fsp3) is 0.889. The Bertz CT molecular complexity index is 179. The van der Waals surface area contributed by atoms with Crippen LogP contribution in [0.15, 0.2) is 0 Å². The van der Waals surface area contributed by atoms with Crippen LogP contribution in [-0.2, 0) is 9.53 Å². The summed E-state index contributed by atoms with van der Waals surface area (Å²) >= 11 is 0. The van der Waals surface area contributed by atoms with Crippen LogP contribution in [0.5, 0.6) is 0 Å². The van der Waals surface area contributed by atoms with E-state index in [9.17, 15) is 9.90 Å². The quantitative estimate of drug-likeness (QED) is 0.481. The lowest BCUT2D eigenvalue weighted by molar-refractivity contribution is -0.238. The van der Waals surface area contributed by atoms with Crippen molar-refractivity contribution in [2.45, 2.75) is 45.3 Å². The molecule has 3 nitrogen and oxygen atoms in total. The number of ether oxygens (including phenoxy) is 1. The summed E-state index contributed by atoms with van der Waals surface area (Å²) in [6, 6.07) is 0. The first-order valence-electron chi connectivity index (χ1n) is 4.46. The molecular weight excluding hydrogens is 156 g/mol. The molecule has 0 amide bonds. The fourth-order valence-electron chi connectivity index (χ4n) is 1.70. The van der Waals surface area contributed by atoms with E-state index in [1.165, 1.54) is 6.92 Å². The van der Waals surface area contributed by atoms with Crippen molar-refractivity contribution in [3.05, 3.63) is 0 Å². The van der Waals surface area contributed by atoms with Gasteiger partial charge in [0.15, 0.2) is 0 Å². The number of hydrogen-bond donors (Lipinski definition) is 1. The molecule has 0 aliphatic heterocycles. The average Bonchev–Trinajstić information content (AvgIpc) is 1.94. The van der Waals surface area contributed by atoms with E-state index < -0.39 is 11.8 Å². The minimum Gasteiger partial charge on any atom is -0.433 e. The summed E-state index contributed by atoms with van der Waals surface area (Å²) in [5.74, 6) is -1.52. The lowest BCUT2D eigenvalue weighted by atomic mass is 9.85. The summed E-state index contributed by atoms with van der Waals surface area (Å²) in [6.07, 6.45) is 3.57. The Morgan fingerprint density at radius 2 is 2.25 bits per heavy atom. The van der Waals surface area contributed by atoms with Gasteiger partial charge in [0.2, 0.25) is 5.79 Å². The molecule has 0 heterocycles. The zero-order valence-electron chi connectivity index (χ0n) is 7.67. The normalized spacial score (nSPS) is 36.1. The van der Waals surface area contributed by atoms with Gasteiger partial charge in [-0.2, -0.15) is 0 Å². The van der Waals surface area contributed by atoms with Crippen molar-refractivity contribution in [3.8, 4) is 0 Å². The molecule has 1 N–H and O–H groups in total. The molecule has 0 bridgehead atoms. The number of hydrogen-bond acceptors (Lipinski definition) is 3. The third kappa shape index (κ3) is 1.97.